The average molecular weight is 376 g/mol. The number of likely N-dealkylation sites (tertiary alicyclic amines) is 1. The molecule has 1 aliphatic rings. The summed E-state index contributed by atoms with van der Waals surface area (Å²) < 4.78 is 6.01. The van der Waals surface area contributed by atoms with Crippen LogP contribution in [0.3, 0.4) is 0 Å². The molecule has 0 spiro atoms. The fraction of sp³-hybridized carbons (Fsp3) is 0.421. The number of nitrogens with zero attached hydrogens (tertiary/aromatic N) is 1. The molecular weight excluding hydrogens is 354 g/mol. The van der Waals surface area contributed by atoms with Crippen LogP contribution in [0.2, 0.25) is 0 Å². The van der Waals surface area contributed by atoms with E-state index in [0.717, 1.165) is 30.4 Å². The second-order valence-corrected chi connectivity index (χ2v) is 7.05. The Morgan fingerprint density at radius 3 is 2.52 bits per heavy atom. The zero-order valence-corrected chi connectivity index (χ0v) is 15.2. The number of piperidine rings is 1. The van der Waals surface area contributed by atoms with Gasteiger partial charge in [-0.1, -0.05) is 46.3 Å². The van der Waals surface area contributed by atoms with Crippen LogP contribution < -0.4 is 0 Å². The lowest BCUT2D eigenvalue weighted by atomic mass is 9.93. The van der Waals surface area contributed by atoms with Gasteiger partial charge in [-0.3, -0.25) is 9.69 Å². The quantitative estimate of drug-likeness (QED) is 0.737. The van der Waals surface area contributed by atoms with E-state index in [1.807, 2.05) is 0 Å². The molecule has 0 bridgehead atoms. The van der Waals surface area contributed by atoms with E-state index < -0.39 is 0 Å². The van der Waals surface area contributed by atoms with Gasteiger partial charge >= 0.3 is 5.97 Å². The third-order valence-electron chi connectivity index (χ3n) is 4.96. The van der Waals surface area contributed by atoms with Crippen molar-refractivity contribution in [1.29, 1.82) is 0 Å². The Labute approximate surface area is 145 Å². The highest BCUT2D eigenvalue weighted by Gasteiger charge is 2.28. The Balaban J connectivity index is 1.81. The standard InChI is InChI=1S/C19H22BrNO2/c1-13(21-11-9-14(10-12-21)19(22)23-2)15-5-3-7-17-16(15)6-4-8-18(17)20/h3-8,13-14H,9-12H2,1-2H3. The van der Waals surface area contributed by atoms with Crippen LogP contribution in [-0.4, -0.2) is 31.1 Å². The molecule has 0 aliphatic carbocycles. The van der Waals surface area contributed by atoms with E-state index in [-0.39, 0.29) is 11.9 Å². The van der Waals surface area contributed by atoms with Gasteiger partial charge in [-0.15, -0.1) is 0 Å². The molecule has 4 heteroatoms. The molecule has 0 N–H and O–H groups in total. The average Bonchev–Trinajstić information content (AvgIpc) is 2.60. The second-order valence-electron chi connectivity index (χ2n) is 6.19. The number of esters is 1. The molecule has 0 saturated carbocycles. The number of fused-ring (bicyclic) bond motifs is 1. The van der Waals surface area contributed by atoms with Gasteiger partial charge in [0.15, 0.2) is 0 Å². The van der Waals surface area contributed by atoms with Gasteiger partial charge in [0.05, 0.1) is 13.0 Å². The Hall–Kier alpha value is -1.39. The summed E-state index contributed by atoms with van der Waals surface area (Å²) >= 11 is 3.64. The molecule has 0 amide bonds. The van der Waals surface area contributed by atoms with E-state index in [2.05, 4.69) is 64.2 Å². The normalized spacial score (nSPS) is 18.0. The van der Waals surface area contributed by atoms with Crippen LogP contribution in [-0.2, 0) is 9.53 Å². The number of ether oxygens (including phenoxy) is 1. The summed E-state index contributed by atoms with van der Waals surface area (Å²) in [6.45, 7) is 4.13. The van der Waals surface area contributed by atoms with Crippen LogP contribution >= 0.6 is 15.9 Å². The van der Waals surface area contributed by atoms with Gasteiger partial charge in [-0.05, 0) is 55.3 Å². The molecule has 1 heterocycles. The Bertz CT molecular complexity index is 708. The first-order chi connectivity index (χ1) is 11.1. The van der Waals surface area contributed by atoms with Gasteiger partial charge < -0.3 is 4.74 Å². The Morgan fingerprint density at radius 2 is 1.83 bits per heavy atom. The van der Waals surface area contributed by atoms with Gasteiger partial charge in [-0.2, -0.15) is 0 Å². The van der Waals surface area contributed by atoms with Crippen molar-refractivity contribution in [3.63, 3.8) is 0 Å². The zero-order valence-electron chi connectivity index (χ0n) is 13.6. The minimum atomic E-state index is -0.0635. The number of carbonyl (C=O) groups is 1. The number of carbonyl (C=O) groups excluding carboxylic acids is 1. The summed E-state index contributed by atoms with van der Waals surface area (Å²) in [5.74, 6) is -0.00323. The summed E-state index contributed by atoms with van der Waals surface area (Å²) in [5.41, 5.74) is 1.35. The van der Waals surface area contributed by atoms with E-state index in [1.54, 1.807) is 0 Å². The molecular formula is C19H22BrNO2. The molecule has 0 radical (unpaired) electrons. The predicted molar refractivity (Wildman–Crippen MR) is 96.4 cm³/mol. The first-order valence-corrected chi connectivity index (χ1v) is 8.90. The van der Waals surface area contributed by atoms with Crippen molar-refractivity contribution in [1.82, 2.24) is 4.90 Å². The third kappa shape index (κ3) is 3.29. The van der Waals surface area contributed by atoms with Crippen molar-refractivity contribution in [2.75, 3.05) is 20.2 Å². The molecule has 1 fully saturated rings. The fourth-order valence-electron chi connectivity index (χ4n) is 3.55. The van der Waals surface area contributed by atoms with Crippen LogP contribution in [0, 0.1) is 5.92 Å². The van der Waals surface area contributed by atoms with Crippen LogP contribution in [0.25, 0.3) is 10.8 Å². The maximum Gasteiger partial charge on any atom is 0.308 e. The number of hydrogen-bond acceptors (Lipinski definition) is 3. The summed E-state index contributed by atoms with van der Waals surface area (Å²) in [4.78, 5) is 14.1. The molecule has 1 aliphatic heterocycles. The molecule has 0 aromatic heterocycles. The highest BCUT2D eigenvalue weighted by atomic mass is 79.9. The summed E-state index contributed by atoms with van der Waals surface area (Å²) in [6, 6.07) is 13.2. The van der Waals surface area contributed by atoms with Crippen molar-refractivity contribution in [3.05, 3.63) is 46.4 Å². The lowest BCUT2D eigenvalue weighted by Crippen LogP contribution is -2.38. The molecule has 1 saturated heterocycles. The highest BCUT2D eigenvalue weighted by Crippen LogP contribution is 2.33. The van der Waals surface area contributed by atoms with E-state index in [4.69, 9.17) is 4.74 Å². The number of benzene rings is 2. The molecule has 1 unspecified atom stereocenters. The number of halogens is 1. The van der Waals surface area contributed by atoms with Gasteiger partial charge in [0.1, 0.15) is 0 Å². The molecule has 3 rings (SSSR count). The molecule has 2 aromatic carbocycles. The van der Waals surface area contributed by atoms with Crippen LogP contribution in [0.4, 0.5) is 0 Å². The van der Waals surface area contributed by atoms with E-state index >= 15 is 0 Å². The largest absolute Gasteiger partial charge is 0.469 e. The van der Waals surface area contributed by atoms with E-state index in [0.29, 0.717) is 6.04 Å². The van der Waals surface area contributed by atoms with Crippen LogP contribution in [0.1, 0.15) is 31.4 Å². The summed E-state index contributed by atoms with van der Waals surface area (Å²) in [5, 5.41) is 2.55. The number of rotatable bonds is 3. The molecule has 23 heavy (non-hydrogen) atoms. The zero-order chi connectivity index (χ0) is 16.4. The van der Waals surface area contributed by atoms with Crippen molar-refractivity contribution in [2.24, 2.45) is 5.92 Å². The SMILES string of the molecule is COC(=O)C1CCN(C(C)c2cccc3c(Br)cccc23)CC1. The first-order valence-electron chi connectivity index (χ1n) is 8.11. The van der Waals surface area contributed by atoms with Gasteiger partial charge in [-0.25, -0.2) is 0 Å². The maximum absolute atomic E-state index is 11.7. The highest BCUT2D eigenvalue weighted by molar-refractivity contribution is 9.10. The van der Waals surface area contributed by atoms with Gasteiger partial charge in [0.2, 0.25) is 0 Å². The van der Waals surface area contributed by atoms with E-state index in [9.17, 15) is 4.79 Å². The van der Waals surface area contributed by atoms with Crippen molar-refractivity contribution in [3.8, 4) is 0 Å². The van der Waals surface area contributed by atoms with Crippen molar-refractivity contribution < 1.29 is 9.53 Å². The fourth-order valence-corrected chi connectivity index (χ4v) is 4.04. The third-order valence-corrected chi connectivity index (χ3v) is 5.66. The van der Waals surface area contributed by atoms with Crippen LogP contribution in [0.5, 0.6) is 0 Å². The molecule has 122 valence electrons. The Morgan fingerprint density at radius 1 is 1.17 bits per heavy atom. The number of methoxy groups -OCH3 is 1. The monoisotopic (exact) mass is 375 g/mol. The van der Waals surface area contributed by atoms with Gasteiger partial charge in [0, 0.05) is 10.5 Å². The predicted octanol–water partition coefficient (Wildman–Crippen LogP) is 4.55. The molecule has 3 nitrogen and oxygen atoms in total. The second kappa shape index (κ2) is 7.02. The summed E-state index contributed by atoms with van der Waals surface area (Å²) in [7, 11) is 1.48. The smallest absolute Gasteiger partial charge is 0.308 e. The van der Waals surface area contributed by atoms with Crippen LogP contribution in [0.15, 0.2) is 40.9 Å². The van der Waals surface area contributed by atoms with Crippen molar-refractivity contribution in [2.45, 2.75) is 25.8 Å². The minimum absolute atomic E-state index is 0.0603. The lowest BCUT2D eigenvalue weighted by Gasteiger charge is -2.35. The molecule has 2 aromatic rings. The van der Waals surface area contributed by atoms with Crippen molar-refractivity contribution >= 4 is 32.7 Å². The topological polar surface area (TPSA) is 29.5 Å². The van der Waals surface area contributed by atoms with E-state index in [1.165, 1.54) is 23.4 Å². The Kier molecular flexibility index (Phi) is 5.02. The first kappa shape index (κ1) is 16.5. The lowest BCUT2D eigenvalue weighted by molar-refractivity contribution is -0.147. The summed E-state index contributed by atoms with van der Waals surface area (Å²) in [6.07, 6.45) is 1.76. The molecule has 1 atom stereocenters. The maximum atomic E-state index is 11.7. The number of hydrogen-bond donors (Lipinski definition) is 0. The minimum Gasteiger partial charge on any atom is -0.469 e. The van der Waals surface area contributed by atoms with Gasteiger partial charge in [0.25, 0.3) is 0 Å².